The fourth-order valence-electron chi connectivity index (χ4n) is 1.74. The standard InChI is InChI=1S/C11H14N2O3/c1-13-5-7(6-13)16-10-8(11(14)15)3-2-4-9(10)12/h2-4,7H,5-6,12H2,1H3,(H,14,15). The molecule has 2 rings (SSSR count). The Hall–Kier alpha value is -1.75. The molecule has 1 saturated heterocycles. The molecule has 1 aliphatic heterocycles. The summed E-state index contributed by atoms with van der Waals surface area (Å²) in [4.78, 5) is 13.1. The average Bonchev–Trinajstić information content (AvgIpc) is 2.18. The van der Waals surface area contributed by atoms with Crippen LogP contribution in [0.25, 0.3) is 0 Å². The molecule has 1 aromatic carbocycles. The van der Waals surface area contributed by atoms with Gasteiger partial charge < -0.3 is 15.6 Å². The number of aromatic carboxylic acids is 1. The number of carboxylic acids is 1. The van der Waals surface area contributed by atoms with Crippen LogP contribution in [-0.2, 0) is 0 Å². The predicted molar refractivity (Wildman–Crippen MR) is 59.7 cm³/mol. The first-order valence-corrected chi connectivity index (χ1v) is 5.05. The van der Waals surface area contributed by atoms with Crippen LogP contribution in [0, 0.1) is 0 Å². The first-order valence-electron chi connectivity index (χ1n) is 5.05. The van der Waals surface area contributed by atoms with E-state index in [2.05, 4.69) is 4.90 Å². The van der Waals surface area contributed by atoms with Gasteiger partial charge in [-0.2, -0.15) is 0 Å². The third kappa shape index (κ3) is 1.94. The molecule has 0 saturated carbocycles. The number of likely N-dealkylation sites (N-methyl/N-ethyl adjacent to an activating group) is 1. The quantitative estimate of drug-likeness (QED) is 0.735. The number of anilines is 1. The number of carboxylic acid groups (broad SMARTS) is 1. The van der Waals surface area contributed by atoms with Gasteiger partial charge >= 0.3 is 5.97 Å². The number of hydrogen-bond donors (Lipinski definition) is 2. The Morgan fingerprint density at radius 2 is 2.25 bits per heavy atom. The van der Waals surface area contributed by atoms with Crippen molar-refractivity contribution in [2.75, 3.05) is 25.9 Å². The van der Waals surface area contributed by atoms with Gasteiger partial charge in [0.15, 0.2) is 5.75 Å². The second-order valence-electron chi connectivity index (χ2n) is 3.99. The maximum absolute atomic E-state index is 11.0. The van der Waals surface area contributed by atoms with E-state index < -0.39 is 5.97 Å². The fraction of sp³-hybridized carbons (Fsp3) is 0.364. The summed E-state index contributed by atoms with van der Waals surface area (Å²) >= 11 is 0. The summed E-state index contributed by atoms with van der Waals surface area (Å²) in [7, 11) is 1.98. The molecule has 0 aliphatic carbocycles. The zero-order chi connectivity index (χ0) is 11.7. The van der Waals surface area contributed by atoms with Crippen molar-refractivity contribution in [2.45, 2.75) is 6.10 Å². The zero-order valence-corrected chi connectivity index (χ0v) is 9.01. The van der Waals surface area contributed by atoms with E-state index in [9.17, 15) is 4.79 Å². The van der Waals surface area contributed by atoms with Crippen molar-refractivity contribution in [3.63, 3.8) is 0 Å². The van der Waals surface area contributed by atoms with E-state index in [0.29, 0.717) is 5.69 Å². The minimum absolute atomic E-state index is 0.0350. The summed E-state index contributed by atoms with van der Waals surface area (Å²) < 4.78 is 5.60. The minimum Gasteiger partial charge on any atom is -0.485 e. The predicted octanol–water partition coefficient (Wildman–Crippen LogP) is 0.660. The van der Waals surface area contributed by atoms with Crippen molar-refractivity contribution in [3.05, 3.63) is 23.8 Å². The van der Waals surface area contributed by atoms with Crippen molar-refractivity contribution >= 4 is 11.7 Å². The van der Waals surface area contributed by atoms with Gasteiger partial charge in [0.25, 0.3) is 0 Å². The lowest BCUT2D eigenvalue weighted by molar-refractivity contribution is 0.0375. The maximum Gasteiger partial charge on any atom is 0.339 e. The van der Waals surface area contributed by atoms with Gasteiger partial charge in [-0.3, -0.25) is 4.90 Å². The molecule has 0 amide bonds. The number of benzene rings is 1. The van der Waals surface area contributed by atoms with Gasteiger partial charge in [-0.25, -0.2) is 4.79 Å². The van der Waals surface area contributed by atoms with Crippen LogP contribution in [0.15, 0.2) is 18.2 Å². The number of nitrogens with two attached hydrogens (primary N) is 1. The summed E-state index contributed by atoms with van der Waals surface area (Å²) in [5.74, 6) is -0.733. The van der Waals surface area contributed by atoms with Crippen LogP contribution < -0.4 is 10.5 Å². The molecule has 86 valence electrons. The van der Waals surface area contributed by atoms with Gasteiger partial charge in [-0.05, 0) is 19.2 Å². The van der Waals surface area contributed by atoms with Crippen LogP contribution in [0.4, 0.5) is 5.69 Å². The van der Waals surface area contributed by atoms with E-state index >= 15 is 0 Å². The van der Waals surface area contributed by atoms with Crippen molar-refractivity contribution in [1.82, 2.24) is 4.90 Å². The molecule has 3 N–H and O–H groups in total. The van der Waals surface area contributed by atoms with Gasteiger partial charge in [0.2, 0.25) is 0 Å². The Labute approximate surface area is 93.4 Å². The monoisotopic (exact) mass is 222 g/mol. The van der Waals surface area contributed by atoms with Crippen molar-refractivity contribution in [3.8, 4) is 5.75 Å². The average molecular weight is 222 g/mol. The third-order valence-corrected chi connectivity index (χ3v) is 2.59. The van der Waals surface area contributed by atoms with Gasteiger partial charge in [0, 0.05) is 13.1 Å². The number of rotatable bonds is 3. The summed E-state index contributed by atoms with van der Waals surface area (Å²) in [6.07, 6.45) is 0.0350. The van der Waals surface area contributed by atoms with E-state index in [1.165, 1.54) is 6.07 Å². The van der Waals surface area contributed by atoms with E-state index in [1.54, 1.807) is 12.1 Å². The van der Waals surface area contributed by atoms with Crippen LogP contribution in [0.1, 0.15) is 10.4 Å². The Morgan fingerprint density at radius 3 is 2.81 bits per heavy atom. The van der Waals surface area contributed by atoms with E-state index in [1.807, 2.05) is 7.05 Å². The molecule has 0 aromatic heterocycles. The molecule has 1 aromatic rings. The largest absolute Gasteiger partial charge is 0.485 e. The number of hydrogen-bond acceptors (Lipinski definition) is 4. The lowest BCUT2D eigenvalue weighted by Gasteiger charge is -2.36. The van der Waals surface area contributed by atoms with E-state index in [4.69, 9.17) is 15.6 Å². The number of carbonyl (C=O) groups is 1. The molecule has 0 radical (unpaired) electrons. The summed E-state index contributed by atoms with van der Waals surface area (Å²) in [5.41, 5.74) is 6.21. The second kappa shape index (κ2) is 4.02. The summed E-state index contributed by atoms with van der Waals surface area (Å²) in [6, 6.07) is 4.75. The summed E-state index contributed by atoms with van der Waals surface area (Å²) in [5, 5.41) is 9.00. The van der Waals surface area contributed by atoms with Gasteiger partial charge in [0.05, 0.1) is 5.69 Å². The Kier molecular flexibility index (Phi) is 2.70. The molecule has 0 unspecified atom stereocenters. The van der Waals surface area contributed by atoms with E-state index in [0.717, 1.165) is 13.1 Å². The number of likely N-dealkylation sites (tertiary alicyclic amines) is 1. The molecule has 5 nitrogen and oxygen atoms in total. The molecular formula is C11H14N2O3. The Balaban J connectivity index is 2.21. The number of ether oxygens (including phenoxy) is 1. The van der Waals surface area contributed by atoms with Crippen LogP contribution in [-0.4, -0.2) is 42.2 Å². The third-order valence-electron chi connectivity index (χ3n) is 2.59. The molecule has 0 bridgehead atoms. The second-order valence-corrected chi connectivity index (χ2v) is 3.99. The van der Waals surface area contributed by atoms with Gasteiger partial charge in [0.1, 0.15) is 11.7 Å². The molecule has 0 spiro atoms. The maximum atomic E-state index is 11.0. The molecule has 1 aliphatic rings. The highest BCUT2D eigenvalue weighted by Gasteiger charge is 2.27. The first-order chi connectivity index (χ1) is 7.58. The van der Waals surface area contributed by atoms with Crippen LogP contribution in [0.2, 0.25) is 0 Å². The van der Waals surface area contributed by atoms with Crippen LogP contribution in [0.5, 0.6) is 5.75 Å². The highest BCUT2D eigenvalue weighted by molar-refractivity contribution is 5.93. The molecule has 1 fully saturated rings. The number of nitrogens with zero attached hydrogens (tertiary/aromatic N) is 1. The lowest BCUT2D eigenvalue weighted by atomic mass is 10.1. The van der Waals surface area contributed by atoms with Crippen molar-refractivity contribution < 1.29 is 14.6 Å². The molecule has 16 heavy (non-hydrogen) atoms. The molecule has 1 heterocycles. The Bertz CT molecular complexity index is 414. The van der Waals surface area contributed by atoms with Crippen molar-refractivity contribution in [2.24, 2.45) is 0 Å². The number of nitrogen functional groups attached to an aromatic ring is 1. The first kappa shape index (κ1) is 10.8. The Morgan fingerprint density at radius 1 is 1.56 bits per heavy atom. The van der Waals surface area contributed by atoms with Gasteiger partial charge in [-0.15, -0.1) is 0 Å². The number of para-hydroxylation sites is 1. The molecule has 0 atom stereocenters. The summed E-state index contributed by atoms with van der Waals surface area (Å²) in [6.45, 7) is 1.60. The molecular weight excluding hydrogens is 208 g/mol. The van der Waals surface area contributed by atoms with Crippen molar-refractivity contribution in [1.29, 1.82) is 0 Å². The fourth-order valence-corrected chi connectivity index (χ4v) is 1.74. The minimum atomic E-state index is -1.02. The van der Waals surface area contributed by atoms with Crippen LogP contribution >= 0.6 is 0 Å². The highest BCUT2D eigenvalue weighted by atomic mass is 16.5. The highest BCUT2D eigenvalue weighted by Crippen LogP contribution is 2.28. The van der Waals surface area contributed by atoms with Gasteiger partial charge in [-0.1, -0.05) is 6.07 Å². The lowest BCUT2D eigenvalue weighted by Crippen LogP contribution is -2.51. The zero-order valence-electron chi connectivity index (χ0n) is 9.01. The SMILES string of the molecule is CN1CC(Oc2c(N)cccc2C(=O)O)C1. The smallest absolute Gasteiger partial charge is 0.339 e. The van der Waals surface area contributed by atoms with Crippen LogP contribution in [0.3, 0.4) is 0 Å². The topological polar surface area (TPSA) is 75.8 Å². The normalized spacial score (nSPS) is 16.8. The molecule has 5 heteroatoms. The van der Waals surface area contributed by atoms with E-state index in [-0.39, 0.29) is 17.4 Å².